The lowest BCUT2D eigenvalue weighted by molar-refractivity contribution is 0.621. The summed E-state index contributed by atoms with van der Waals surface area (Å²) in [5, 5.41) is 9.09. The highest BCUT2D eigenvalue weighted by molar-refractivity contribution is 9.10. The average Bonchev–Trinajstić information content (AvgIpc) is 2.42. The van der Waals surface area contributed by atoms with E-state index in [-0.39, 0.29) is 0 Å². The molecule has 0 saturated heterocycles. The molecule has 0 radical (unpaired) electrons. The zero-order valence-electron chi connectivity index (χ0n) is 10.2. The molecule has 0 aliphatic carbocycles. The maximum atomic E-state index is 13.6. The second-order valence-electron chi connectivity index (χ2n) is 4.01. The van der Waals surface area contributed by atoms with Crippen LogP contribution in [0.2, 0.25) is 0 Å². The van der Waals surface area contributed by atoms with E-state index >= 15 is 0 Å². The number of benzene rings is 2. The Balaban J connectivity index is 2.54. The first-order chi connectivity index (χ1) is 9.04. The Morgan fingerprint density at radius 1 is 1.26 bits per heavy atom. The van der Waals surface area contributed by atoms with Crippen LogP contribution in [0.15, 0.2) is 40.9 Å². The molecule has 2 N–H and O–H groups in total. The average molecular weight is 320 g/mol. The van der Waals surface area contributed by atoms with Crippen LogP contribution in [-0.4, -0.2) is 7.05 Å². The van der Waals surface area contributed by atoms with E-state index in [4.69, 9.17) is 11.0 Å². The van der Waals surface area contributed by atoms with E-state index < -0.39 is 5.82 Å². The Hall–Kier alpha value is -2.06. The molecule has 0 amide bonds. The summed E-state index contributed by atoms with van der Waals surface area (Å²) in [6.07, 6.45) is 0. The number of anilines is 3. The SMILES string of the molecule is CN(c1cc(F)c(Br)cc1N)c1ccccc1C#N. The van der Waals surface area contributed by atoms with Crippen molar-refractivity contribution < 1.29 is 4.39 Å². The summed E-state index contributed by atoms with van der Waals surface area (Å²) in [5.41, 5.74) is 8.04. The first kappa shape index (κ1) is 13.4. The van der Waals surface area contributed by atoms with E-state index in [1.54, 1.807) is 30.1 Å². The van der Waals surface area contributed by atoms with Gasteiger partial charge in [0, 0.05) is 13.1 Å². The van der Waals surface area contributed by atoms with E-state index in [1.807, 2.05) is 6.07 Å². The van der Waals surface area contributed by atoms with Gasteiger partial charge in [0.25, 0.3) is 0 Å². The summed E-state index contributed by atoms with van der Waals surface area (Å²) in [4.78, 5) is 1.70. The van der Waals surface area contributed by atoms with Crippen molar-refractivity contribution in [1.82, 2.24) is 0 Å². The molecule has 2 aromatic rings. The highest BCUT2D eigenvalue weighted by Crippen LogP contribution is 2.34. The van der Waals surface area contributed by atoms with Crippen molar-refractivity contribution in [1.29, 1.82) is 5.26 Å². The number of hydrogen-bond donors (Lipinski definition) is 1. The van der Waals surface area contributed by atoms with Crippen LogP contribution in [0.1, 0.15) is 5.56 Å². The molecule has 0 aromatic heterocycles. The van der Waals surface area contributed by atoms with Crippen molar-refractivity contribution in [3.05, 3.63) is 52.3 Å². The number of nitrogens with zero attached hydrogens (tertiary/aromatic N) is 2. The first-order valence-corrected chi connectivity index (χ1v) is 6.31. The highest BCUT2D eigenvalue weighted by Gasteiger charge is 2.13. The summed E-state index contributed by atoms with van der Waals surface area (Å²) >= 11 is 3.09. The van der Waals surface area contributed by atoms with Crippen LogP contribution in [0.5, 0.6) is 0 Å². The number of nitriles is 1. The largest absolute Gasteiger partial charge is 0.397 e. The van der Waals surface area contributed by atoms with Gasteiger partial charge in [0.1, 0.15) is 11.9 Å². The third kappa shape index (κ3) is 2.54. The Kier molecular flexibility index (Phi) is 3.72. The van der Waals surface area contributed by atoms with Gasteiger partial charge in [0.15, 0.2) is 0 Å². The van der Waals surface area contributed by atoms with Gasteiger partial charge in [0.05, 0.1) is 27.1 Å². The number of para-hydroxylation sites is 1. The molecule has 5 heteroatoms. The van der Waals surface area contributed by atoms with Crippen molar-refractivity contribution >= 4 is 33.0 Å². The van der Waals surface area contributed by atoms with Gasteiger partial charge in [-0.3, -0.25) is 0 Å². The van der Waals surface area contributed by atoms with Crippen molar-refractivity contribution in [2.45, 2.75) is 0 Å². The third-order valence-electron chi connectivity index (χ3n) is 2.82. The minimum Gasteiger partial charge on any atom is -0.397 e. The molecule has 0 fully saturated rings. The number of hydrogen-bond acceptors (Lipinski definition) is 3. The molecular formula is C14H11BrFN3. The summed E-state index contributed by atoms with van der Waals surface area (Å²) in [7, 11) is 1.75. The molecule has 0 heterocycles. The molecule has 0 aliphatic heterocycles. The van der Waals surface area contributed by atoms with E-state index in [9.17, 15) is 4.39 Å². The molecular weight excluding hydrogens is 309 g/mol. The Morgan fingerprint density at radius 3 is 2.63 bits per heavy atom. The highest BCUT2D eigenvalue weighted by atomic mass is 79.9. The number of nitrogen functional groups attached to an aromatic ring is 1. The third-order valence-corrected chi connectivity index (χ3v) is 3.42. The van der Waals surface area contributed by atoms with Gasteiger partial charge < -0.3 is 10.6 Å². The maximum Gasteiger partial charge on any atom is 0.139 e. The molecule has 2 aromatic carbocycles. The molecule has 2 rings (SSSR count). The van der Waals surface area contributed by atoms with Gasteiger partial charge in [0.2, 0.25) is 0 Å². The predicted octanol–water partition coefficient (Wildman–Crippen LogP) is 3.81. The topological polar surface area (TPSA) is 53.0 Å². The lowest BCUT2D eigenvalue weighted by Crippen LogP contribution is -2.13. The molecule has 19 heavy (non-hydrogen) atoms. The van der Waals surface area contributed by atoms with Gasteiger partial charge in [-0.25, -0.2) is 4.39 Å². The molecule has 0 spiro atoms. The molecule has 0 unspecified atom stereocenters. The zero-order chi connectivity index (χ0) is 14.0. The lowest BCUT2D eigenvalue weighted by Gasteiger charge is -2.22. The van der Waals surface area contributed by atoms with E-state index in [2.05, 4.69) is 22.0 Å². The maximum absolute atomic E-state index is 13.6. The van der Waals surface area contributed by atoms with Gasteiger partial charge in [-0.1, -0.05) is 12.1 Å². The van der Waals surface area contributed by atoms with Crippen molar-refractivity contribution in [2.24, 2.45) is 0 Å². The minimum absolute atomic E-state index is 0.315. The quantitative estimate of drug-likeness (QED) is 0.856. The summed E-state index contributed by atoms with van der Waals surface area (Å²) in [6, 6.07) is 12.0. The fraction of sp³-hybridized carbons (Fsp3) is 0.0714. The second kappa shape index (κ2) is 5.29. The summed E-state index contributed by atoms with van der Waals surface area (Å²) in [5.74, 6) is -0.398. The van der Waals surface area contributed by atoms with E-state index in [0.717, 1.165) is 0 Å². The minimum atomic E-state index is -0.398. The number of nitrogens with two attached hydrogens (primary N) is 1. The van der Waals surface area contributed by atoms with Crippen molar-refractivity contribution in [2.75, 3.05) is 17.7 Å². The van der Waals surface area contributed by atoms with Crippen LogP contribution in [0.3, 0.4) is 0 Å². The fourth-order valence-electron chi connectivity index (χ4n) is 1.83. The molecule has 0 saturated carbocycles. The van der Waals surface area contributed by atoms with Gasteiger partial charge >= 0.3 is 0 Å². The monoisotopic (exact) mass is 319 g/mol. The van der Waals surface area contributed by atoms with Crippen LogP contribution in [0, 0.1) is 17.1 Å². The lowest BCUT2D eigenvalue weighted by atomic mass is 10.1. The zero-order valence-corrected chi connectivity index (χ0v) is 11.8. The molecule has 0 bridgehead atoms. The van der Waals surface area contributed by atoms with Crippen molar-refractivity contribution in [3.8, 4) is 6.07 Å². The van der Waals surface area contributed by atoms with Crippen LogP contribution >= 0.6 is 15.9 Å². The molecule has 96 valence electrons. The predicted molar refractivity (Wildman–Crippen MR) is 77.7 cm³/mol. The van der Waals surface area contributed by atoms with E-state index in [0.29, 0.717) is 27.1 Å². The number of halogens is 2. The second-order valence-corrected chi connectivity index (χ2v) is 4.87. The standard InChI is InChI=1S/C14H11BrFN3/c1-19(13-5-3-2-4-9(13)8-17)14-7-11(16)10(15)6-12(14)18/h2-7H,18H2,1H3. The summed E-state index contributed by atoms with van der Waals surface area (Å²) in [6.45, 7) is 0. The van der Waals surface area contributed by atoms with Crippen LogP contribution in [0.4, 0.5) is 21.5 Å². The fourth-order valence-corrected chi connectivity index (χ4v) is 2.19. The van der Waals surface area contributed by atoms with E-state index in [1.165, 1.54) is 12.1 Å². The Bertz CT molecular complexity index is 664. The Morgan fingerprint density at radius 2 is 1.95 bits per heavy atom. The van der Waals surface area contributed by atoms with Gasteiger partial charge in [-0.2, -0.15) is 5.26 Å². The first-order valence-electron chi connectivity index (χ1n) is 5.52. The smallest absolute Gasteiger partial charge is 0.139 e. The number of rotatable bonds is 2. The normalized spacial score (nSPS) is 10.0. The van der Waals surface area contributed by atoms with Crippen LogP contribution < -0.4 is 10.6 Å². The molecule has 3 nitrogen and oxygen atoms in total. The van der Waals surface area contributed by atoms with Crippen LogP contribution in [0.25, 0.3) is 0 Å². The van der Waals surface area contributed by atoms with Crippen molar-refractivity contribution in [3.63, 3.8) is 0 Å². The molecule has 0 aliphatic rings. The van der Waals surface area contributed by atoms with Crippen LogP contribution in [-0.2, 0) is 0 Å². The van der Waals surface area contributed by atoms with Gasteiger partial charge in [-0.15, -0.1) is 0 Å². The Labute approximate surface area is 119 Å². The molecule has 0 atom stereocenters. The summed E-state index contributed by atoms with van der Waals surface area (Å²) < 4.78 is 13.9. The van der Waals surface area contributed by atoms with Gasteiger partial charge in [-0.05, 0) is 34.1 Å².